The summed E-state index contributed by atoms with van der Waals surface area (Å²) in [4.78, 5) is 31.9. The number of carbonyl (C=O) groups is 2. The van der Waals surface area contributed by atoms with E-state index < -0.39 is 11.9 Å². The molecule has 0 saturated carbocycles. The van der Waals surface area contributed by atoms with Gasteiger partial charge in [-0.25, -0.2) is 9.97 Å². The zero-order valence-electron chi connectivity index (χ0n) is 13.7. The second-order valence-corrected chi connectivity index (χ2v) is 3.82. The molecule has 0 aliphatic carbocycles. The molecule has 0 bridgehead atoms. The molecule has 2 heterocycles. The minimum Gasteiger partial charge on any atom is -0.481 e. The summed E-state index contributed by atoms with van der Waals surface area (Å²) in [5.41, 5.74) is 0. The third-order valence-corrected chi connectivity index (χ3v) is 1.78. The van der Waals surface area contributed by atoms with Gasteiger partial charge in [0.25, 0.3) is 11.9 Å². The van der Waals surface area contributed by atoms with Gasteiger partial charge in [0.15, 0.2) is 0 Å². The van der Waals surface area contributed by atoms with E-state index in [-0.39, 0.29) is 16.8 Å². The first-order chi connectivity index (χ1) is 10.3. The molecule has 4 N–H and O–H groups in total. The molecular weight excluding hydrogens is 347 g/mol. The standard InChI is InChI=1S/2C5H8N2.2C2H4O2.Co/c2*1-2-5-6-3-4-7-5;2*1-2(3)4;/h2*3-4H,2H2,1H3,(H,6,7);2*1H3,(H,3,4);. The Morgan fingerprint density at radius 3 is 1.26 bits per heavy atom. The number of aromatic amines is 2. The Morgan fingerprint density at radius 1 is 0.913 bits per heavy atom. The molecular formula is C14H24CoN4O4. The van der Waals surface area contributed by atoms with Crippen molar-refractivity contribution < 1.29 is 36.6 Å². The second kappa shape index (κ2) is 17.9. The van der Waals surface area contributed by atoms with Crippen molar-refractivity contribution in [1.29, 1.82) is 0 Å². The van der Waals surface area contributed by atoms with Gasteiger partial charge in [0, 0.05) is 68.3 Å². The summed E-state index contributed by atoms with van der Waals surface area (Å²) < 4.78 is 0. The van der Waals surface area contributed by atoms with E-state index in [1.165, 1.54) is 0 Å². The summed E-state index contributed by atoms with van der Waals surface area (Å²) in [7, 11) is 0. The molecule has 2 aromatic rings. The van der Waals surface area contributed by atoms with Gasteiger partial charge in [-0.2, -0.15) is 0 Å². The predicted octanol–water partition coefficient (Wildman–Crippen LogP) is 2.12. The molecule has 0 aliphatic rings. The summed E-state index contributed by atoms with van der Waals surface area (Å²) in [6.45, 7) is 6.30. The number of rotatable bonds is 2. The van der Waals surface area contributed by atoms with Crippen molar-refractivity contribution in [3.05, 3.63) is 36.4 Å². The first-order valence-corrected chi connectivity index (χ1v) is 6.68. The van der Waals surface area contributed by atoms with Gasteiger partial charge in [-0.05, 0) is 0 Å². The van der Waals surface area contributed by atoms with Gasteiger partial charge in [-0.1, -0.05) is 13.8 Å². The van der Waals surface area contributed by atoms with E-state index in [1.54, 1.807) is 12.4 Å². The number of hydrogen-bond donors (Lipinski definition) is 4. The molecule has 0 aliphatic heterocycles. The molecule has 0 fully saturated rings. The van der Waals surface area contributed by atoms with E-state index in [2.05, 4.69) is 33.8 Å². The largest absolute Gasteiger partial charge is 0.481 e. The summed E-state index contributed by atoms with van der Waals surface area (Å²) in [5.74, 6) is 0.444. The van der Waals surface area contributed by atoms with Gasteiger partial charge in [-0.3, -0.25) is 9.59 Å². The molecule has 2 aromatic heterocycles. The predicted molar refractivity (Wildman–Crippen MR) is 82.6 cm³/mol. The number of carboxylic acid groups (broad SMARTS) is 2. The number of H-pyrrole nitrogens is 2. The topological polar surface area (TPSA) is 132 Å². The van der Waals surface area contributed by atoms with Crippen LogP contribution in [-0.4, -0.2) is 42.1 Å². The summed E-state index contributed by atoms with van der Waals surface area (Å²) in [6, 6.07) is 0. The van der Waals surface area contributed by atoms with Crippen molar-refractivity contribution in [2.24, 2.45) is 0 Å². The number of imidazole rings is 2. The van der Waals surface area contributed by atoms with Crippen molar-refractivity contribution in [3.63, 3.8) is 0 Å². The molecule has 0 amide bonds. The van der Waals surface area contributed by atoms with E-state index >= 15 is 0 Å². The first kappa shape index (κ1) is 25.8. The Kier molecular flexibility index (Phi) is 20.1. The number of aliphatic carboxylic acids is 2. The molecule has 133 valence electrons. The number of aromatic nitrogens is 4. The van der Waals surface area contributed by atoms with Crippen LogP contribution in [0.25, 0.3) is 0 Å². The number of hydrogen-bond acceptors (Lipinski definition) is 4. The maximum atomic E-state index is 9.00. The Morgan fingerprint density at radius 2 is 1.17 bits per heavy atom. The van der Waals surface area contributed by atoms with Gasteiger partial charge >= 0.3 is 0 Å². The van der Waals surface area contributed by atoms with E-state index in [0.29, 0.717) is 0 Å². The van der Waals surface area contributed by atoms with Crippen LogP contribution in [0, 0.1) is 0 Å². The van der Waals surface area contributed by atoms with Crippen LogP contribution in [0.2, 0.25) is 0 Å². The Hall–Kier alpha value is -2.13. The van der Waals surface area contributed by atoms with Crippen molar-refractivity contribution >= 4 is 11.9 Å². The first-order valence-electron chi connectivity index (χ1n) is 6.68. The van der Waals surface area contributed by atoms with E-state index in [0.717, 1.165) is 38.3 Å². The molecule has 0 unspecified atom stereocenters. The van der Waals surface area contributed by atoms with Crippen LogP contribution >= 0.6 is 0 Å². The fourth-order valence-corrected chi connectivity index (χ4v) is 0.983. The van der Waals surface area contributed by atoms with Gasteiger partial charge in [0.1, 0.15) is 11.6 Å². The van der Waals surface area contributed by atoms with Crippen LogP contribution in [-0.2, 0) is 39.2 Å². The van der Waals surface area contributed by atoms with Crippen LogP contribution in [0.5, 0.6) is 0 Å². The van der Waals surface area contributed by atoms with Crippen LogP contribution in [0.4, 0.5) is 0 Å². The molecule has 23 heavy (non-hydrogen) atoms. The van der Waals surface area contributed by atoms with Crippen molar-refractivity contribution in [3.8, 4) is 0 Å². The summed E-state index contributed by atoms with van der Waals surface area (Å²) in [6.07, 6.45) is 9.18. The van der Waals surface area contributed by atoms with E-state index in [9.17, 15) is 0 Å². The number of aryl methyl sites for hydroxylation is 2. The van der Waals surface area contributed by atoms with Crippen LogP contribution < -0.4 is 0 Å². The molecule has 1 radical (unpaired) electrons. The van der Waals surface area contributed by atoms with Crippen LogP contribution in [0.15, 0.2) is 24.8 Å². The molecule has 0 spiro atoms. The van der Waals surface area contributed by atoms with Gasteiger partial charge in [0.2, 0.25) is 0 Å². The number of nitrogens with zero attached hydrogens (tertiary/aromatic N) is 2. The minimum atomic E-state index is -0.833. The van der Waals surface area contributed by atoms with Crippen molar-refractivity contribution in [2.75, 3.05) is 0 Å². The van der Waals surface area contributed by atoms with E-state index in [4.69, 9.17) is 19.8 Å². The zero-order chi connectivity index (χ0) is 17.4. The third-order valence-electron chi connectivity index (χ3n) is 1.78. The van der Waals surface area contributed by atoms with Crippen LogP contribution in [0.1, 0.15) is 39.3 Å². The Balaban J connectivity index is -0.000000238. The fourth-order valence-electron chi connectivity index (χ4n) is 0.983. The Labute approximate surface area is 146 Å². The molecule has 2 rings (SSSR count). The molecule has 0 saturated heterocycles. The van der Waals surface area contributed by atoms with Gasteiger partial charge in [0.05, 0.1) is 0 Å². The second-order valence-electron chi connectivity index (χ2n) is 3.82. The number of nitrogens with one attached hydrogen (secondary N) is 2. The smallest absolute Gasteiger partial charge is 0.300 e. The zero-order valence-corrected chi connectivity index (χ0v) is 14.7. The van der Waals surface area contributed by atoms with Crippen molar-refractivity contribution in [2.45, 2.75) is 40.5 Å². The molecule has 8 nitrogen and oxygen atoms in total. The summed E-state index contributed by atoms with van der Waals surface area (Å²) in [5, 5.41) is 14.8. The Bertz CT molecular complexity index is 433. The number of carboxylic acids is 2. The quantitative estimate of drug-likeness (QED) is 0.639. The molecule has 9 heteroatoms. The maximum absolute atomic E-state index is 9.00. The average molecular weight is 371 g/mol. The monoisotopic (exact) mass is 371 g/mol. The third kappa shape index (κ3) is 25.2. The fraction of sp³-hybridized carbons (Fsp3) is 0.429. The molecule has 0 aromatic carbocycles. The summed E-state index contributed by atoms with van der Waals surface area (Å²) >= 11 is 0. The molecule has 0 atom stereocenters. The van der Waals surface area contributed by atoms with E-state index in [1.807, 2.05) is 12.4 Å². The SMILES string of the molecule is CC(=O)O.CC(=O)O.CCc1ncc[nH]1.CCc1ncc[nH]1.[Co]. The maximum Gasteiger partial charge on any atom is 0.300 e. The van der Waals surface area contributed by atoms with Crippen molar-refractivity contribution in [1.82, 2.24) is 19.9 Å². The van der Waals surface area contributed by atoms with Crippen LogP contribution in [0.3, 0.4) is 0 Å². The average Bonchev–Trinajstić information content (AvgIpc) is 3.11. The normalized spacial score (nSPS) is 7.83. The van der Waals surface area contributed by atoms with Gasteiger partial charge in [-0.15, -0.1) is 0 Å². The minimum absolute atomic E-state index is 0. The van der Waals surface area contributed by atoms with Gasteiger partial charge < -0.3 is 20.2 Å².